The first-order chi connectivity index (χ1) is 6.38. The molecular formula is C10H11NOS. The molecule has 1 aliphatic heterocycles. The second-order valence-electron chi connectivity index (χ2n) is 3.16. The minimum atomic E-state index is 0.243. The predicted molar refractivity (Wildman–Crippen MR) is 54.0 cm³/mol. The highest BCUT2D eigenvalue weighted by Gasteiger charge is 2.23. The van der Waals surface area contributed by atoms with E-state index in [1.807, 2.05) is 11.8 Å². The minimum absolute atomic E-state index is 0.243. The lowest BCUT2D eigenvalue weighted by atomic mass is 9.98. The van der Waals surface area contributed by atoms with E-state index in [9.17, 15) is 4.79 Å². The fourth-order valence-electron chi connectivity index (χ4n) is 1.49. The van der Waals surface area contributed by atoms with Crippen LogP contribution in [0.3, 0.4) is 0 Å². The zero-order chi connectivity index (χ0) is 9.10. The Balaban J connectivity index is 2.13. The zero-order valence-electron chi connectivity index (χ0n) is 7.27. The van der Waals surface area contributed by atoms with Gasteiger partial charge >= 0.3 is 0 Å². The van der Waals surface area contributed by atoms with Gasteiger partial charge in [-0.3, -0.25) is 9.78 Å². The molecule has 0 N–H and O–H groups in total. The Kier molecular flexibility index (Phi) is 2.64. The topological polar surface area (TPSA) is 30.0 Å². The van der Waals surface area contributed by atoms with E-state index in [0.29, 0.717) is 0 Å². The lowest BCUT2D eigenvalue weighted by molar-refractivity contribution is 0.0933. The normalized spacial score (nSPS) is 21.7. The number of hydrogen-bond acceptors (Lipinski definition) is 3. The van der Waals surface area contributed by atoms with Crippen molar-refractivity contribution in [3.05, 3.63) is 30.1 Å². The Morgan fingerprint density at radius 2 is 2.23 bits per heavy atom. The van der Waals surface area contributed by atoms with Crippen molar-refractivity contribution in [2.75, 3.05) is 11.5 Å². The number of ketones is 1. The third-order valence-corrected chi connectivity index (χ3v) is 3.43. The Morgan fingerprint density at radius 1 is 1.46 bits per heavy atom. The summed E-state index contributed by atoms with van der Waals surface area (Å²) >= 11 is 1.87. The summed E-state index contributed by atoms with van der Waals surface area (Å²) in [5.74, 6) is 2.64. The number of carbonyl (C=O) groups excluding carboxylic acids is 1. The van der Waals surface area contributed by atoms with E-state index in [1.54, 1.807) is 24.5 Å². The molecule has 1 saturated heterocycles. The second-order valence-corrected chi connectivity index (χ2v) is 4.31. The van der Waals surface area contributed by atoms with Crippen LogP contribution in [0.5, 0.6) is 0 Å². The van der Waals surface area contributed by atoms with Gasteiger partial charge in [-0.15, -0.1) is 0 Å². The fraction of sp³-hybridized carbons (Fsp3) is 0.400. The first-order valence-electron chi connectivity index (χ1n) is 4.40. The van der Waals surface area contributed by atoms with Crippen LogP contribution in [-0.4, -0.2) is 22.3 Å². The van der Waals surface area contributed by atoms with Gasteiger partial charge in [0.05, 0.1) is 0 Å². The Labute approximate surface area is 81.8 Å². The molecule has 0 radical (unpaired) electrons. The number of carbonyl (C=O) groups is 1. The van der Waals surface area contributed by atoms with Crippen LogP contribution in [0, 0.1) is 5.92 Å². The van der Waals surface area contributed by atoms with Crippen LogP contribution in [0.1, 0.15) is 16.8 Å². The van der Waals surface area contributed by atoms with Gasteiger partial charge in [0.2, 0.25) is 0 Å². The SMILES string of the molecule is O=C(c1ccncc1)[C@@H]1CCSC1. The molecule has 0 amide bonds. The molecule has 0 unspecified atom stereocenters. The summed E-state index contributed by atoms with van der Waals surface area (Å²) in [4.78, 5) is 15.7. The molecule has 0 aliphatic carbocycles. The predicted octanol–water partition coefficient (Wildman–Crippen LogP) is 2.02. The molecule has 3 heteroatoms. The van der Waals surface area contributed by atoms with Crippen molar-refractivity contribution in [2.45, 2.75) is 6.42 Å². The van der Waals surface area contributed by atoms with Crippen molar-refractivity contribution in [3.8, 4) is 0 Å². The molecule has 68 valence electrons. The Morgan fingerprint density at radius 3 is 2.85 bits per heavy atom. The fourth-order valence-corrected chi connectivity index (χ4v) is 2.71. The summed E-state index contributed by atoms with van der Waals surface area (Å²) in [7, 11) is 0. The van der Waals surface area contributed by atoms with Gasteiger partial charge < -0.3 is 0 Å². The van der Waals surface area contributed by atoms with Crippen molar-refractivity contribution >= 4 is 17.5 Å². The summed E-state index contributed by atoms with van der Waals surface area (Å²) in [5.41, 5.74) is 0.808. The third-order valence-electron chi connectivity index (χ3n) is 2.27. The van der Waals surface area contributed by atoms with Gasteiger partial charge in [0, 0.05) is 29.6 Å². The van der Waals surface area contributed by atoms with E-state index >= 15 is 0 Å². The van der Waals surface area contributed by atoms with E-state index in [1.165, 1.54) is 0 Å². The van der Waals surface area contributed by atoms with Gasteiger partial charge in [-0.25, -0.2) is 0 Å². The molecule has 0 spiro atoms. The number of rotatable bonds is 2. The smallest absolute Gasteiger partial charge is 0.166 e. The molecule has 13 heavy (non-hydrogen) atoms. The highest BCUT2D eigenvalue weighted by Crippen LogP contribution is 2.26. The first-order valence-corrected chi connectivity index (χ1v) is 5.55. The van der Waals surface area contributed by atoms with Crippen LogP contribution >= 0.6 is 11.8 Å². The molecule has 1 fully saturated rings. The van der Waals surface area contributed by atoms with Crippen molar-refractivity contribution in [3.63, 3.8) is 0 Å². The number of nitrogens with zero attached hydrogens (tertiary/aromatic N) is 1. The van der Waals surface area contributed by atoms with E-state index in [-0.39, 0.29) is 11.7 Å². The minimum Gasteiger partial charge on any atom is -0.294 e. The maximum absolute atomic E-state index is 11.8. The van der Waals surface area contributed by atoms with Crippen LogP contribution in [-0.2, 0) is 0 Å². The van der Waals surface area contributed by atoms with Gasteiger partial charge in [0.15, 0.2) is 5.78 Å². The second kappa shape index (κ2) is 3.92. The highest BCUT2D eigenvalue weighted by atomic mass is 32.2. The van der Waals surface area contributed by atoms with Gasteiger partial charge in [-0.1, -0.05) is 0 Å². The van der Waals surface area contributed by atoms with Crippen molar-refractivity contribution in [2.24, 2.45) is 5.92 Å². The van der Waals surface area contributed by atoms with Crippen molar-refractivity contribution in [1.29, 1.82) is 0 Å². The average molecular weight is 193 g/mol. The standard InChI is InChI=1S/C10H11NOS/c12-10(9-3-6-13-7-9)8-1-4-11-5-2-8/h1-2,4-5,9H,3,6-7H2/t9-/m1/s1. The molecule has 1 aromatic heterocycles. The van der Waals surface area contributed by atoms with Crippen LogP contribution in [0.2, 0.25) is 0 Å². The number of pyridine rings is 1. The molecule has 0 aromatic carbocycles. The number of aromatic nitrogens is 1. The Hall–Kier alpha value is -0.830. The third kappa shape index (κ3) is 1.91. The molecule has 0 bridgehead atoms. The molecule has 2 nitrogen and oxygen atoms in total. The lowest BCUT2D eigenvalue weighted by Crippen LogP contribution is -2.13. The molecule has 1 aliphatic rings. The number of thioether (sulfide) groups is 1. The summed E-state index contributed by atoms with van der Waals surface area (Å²) in [6, 6.07) is 3.59. The zero-order valence-corrected chi connectivity index (χ0v) is 8.09. The largest absolute Gasteiger partial charge is 0.294 e. The molecule has 2 heterocycles. The lowest BCUT2D eigenvalue weighted by Gasteiger charge is -2.05. The monoisotopic (exact) mass is 193 g/mol. The van der Waals surface area contributed by atoms with Crippen LogP contribution in [0.25, 0.3) is 0 Å². The number of hydrogen-bond donors (Lipinski definition) is 0. The van der Waals surface area contributed by atoms with E-state index in [4.69, 9.17) is 0 Å². The van der Waals surface area contributed by atoms with Crippen LogP contribution < -0.4 is 0 Å². The van der Waals surface area contributed by atoms with Crippen molar-refractivity contribution < 1.29 is 4.79 Å². The highest BCUT2D eigenvalue weighted by molar-refractivity contribution is 7.99. The van der Waals surface area contributed by atoms with Gasteiger partial charge in [0.1, 0.15) is 0 Å². The summed E-state index contributed by atoms with van der Waals surface area (Å²) in [5, 5.41) is 0. The summed E-state index contributed by atoms with van der Waals surface area (Å²) in [6.45, 7) is 0. The molecule has 1 atom stereocenters. The van der Waals surface area contributed by atoms with E-state index in [2.05, 4.69) is 4.98 Å². The van der Waals surface area contributed by atoms with Crippen LogP contribution in [0.15, 0.2) is 24.5 Å². The summed E-state index contributed by atoms with van der Waals surface area (Å²) in [6.07, 6.45) is 4.39. The maximum Gasteiger partial charge on any atom is 0.166 e. The quantitative estimate of drug-likeness (QED) is 0.673. The van der Waals surface area contributed by atoms with Crippen molar-refractivity contribution in [1.82, 2.24) is 4.98 Å². The van der Waals surface area contributed by atoms with E-state index in [0.717, 1.165) is 23.5 Å². The van der Waals surface area contributed by atoms with Gasteiger partial charge in [-0.05, 0) is 24.3 Å². The molecule has 0 saturated carbocycles. The molecule has 2 rings (SSSR count). The maximum atomic E-state index is 11.8. The van der Waals surface area contributed by atoms with E-state index < -0.39 is 0 Å². The summed E-state index contributed by atoms with van der Waals surface area (Å²) < 4.78 is 0. The first kappa shape index (κ1) is 8.75. The molecule has 1 aromatic rings. The molecular weight excluding hydrogens is 182 g/mol. The van der Waals surface area contributed by atoms with Gasteiger partial charge in [0.25, 0.3) is 0 Å². The van der Waals surface area contributed by atoms with Gasteiger partial charge in [-0.2, -0.15) is 11.8 Å². The Bertz CT molecular complexity index is 293. The number of Topliss-reactive ketones (excluding diaryl/α,β-unsaturated/α-hetero) is 1. The van der Waals surface area contributed by atoms with Crippen LogP contribution in [0.4, 0.5) is 0 Å². The average Bonchev–Trinajstić information content (AvgIpc) is 2.71.